The monoisotopic (exact) mass is 390 g/mol. The number of nitrogens with one attached hydrogen (secondary N) is 1. The molecule has 1 fully saturated rings. The highest BCUT2D eigenvalue weighted by Gasteiger charge is 2.30. The lowest BCUT2D eigenvalue weighted by atomic mass is 10.1. The molecule has 0 atom stereocenters. The molecule has 0 aliphatic carbocycles. The van der Waals surface area contributed by atoms with Crippen LogP contribution in [-0.4, -0.2) is 59.1 Å². The first-order chi connectivity index (χ1) is 11.6. The molecule has 1 aliphatic heterocycles. The van der Waals surface area contributed by atoms with Gasteiger partial charge in [0.1, 0.15) is 0 Å². The van der Waals surface area contributed by atoms with Crippen LogP contribution < -0.4 is 4.72 Å². The second-order valence-corrected chi connectivity index (χ2v) is 9.53. The van der Waals surface area contributed by atoms with Gasteiger partial charge in [0, 0.05) is 19.1 Å². The van der Waals surface area contributed by atoms with Gasteiger partial charge >= 0.3 is 5.97 Å². The van der Waals surface area contributed by atoms with Crippen LogP contribution in [0.25, 0.3) is 0 Å². The second-order valence-electron chi connectivity index (χ2n) is 5.81. The van der Waals surface area contributed by atoms with E-state index in [1.165, 1.54) is 28.6 Å². The molecular formula is C15H22N2O6S2. The van der Waals surface area contributed by atoms with E-state index in [4.69, 9.17) is 4.74 Å². The minimum atomic E-state index is -3.68. The predicted molar refractivity (Wildman–Crippen MR) is 92.2 cm³/mol. The van der Waals surface area contributed by atoms with Crippen molar-refractivity contribution in [3.63, 3.8) is 0 Å². The summed E-state index contributed by atoms with van der Waals surface area (Å²) in [6.45, 7) is 2.40. The van der Waals surface area contributed by atoms with Gasteiger partial charge in [0.15, 0.2) is 0 Å². The highest BCUT2D eigenvalue weighted by molar-refractivity contribution is 7.89. The van der Waals surface area contributed by atoms with Gasteiger partial charge in [-0.25, -0.2) is 26.4 Å². The van der Waals surface area contributed by atoms with Crippen LogP contribution in [0, 0.1) is 0 Å². The summed E-state index contributed by atoms with van der Waals surface area (Å²) < 4.78 is 56.5. The zero-order valence-corrected chi connectivity index (χ0v) is 15.8. The molecule has 0 spiro atoms. The molecule has 1 saturated heterocycles. The summed E-state index contributed by atoms with van der Waals surface area (Å²) in [4.78, 5) is 11.7. The summed E-state index contributed by atoms with van der Waals surface area (Å²) >= 11 is 0. The number of piperidine rings is 1. The lowest BCUT2D eigenvalue weighted by Gasteiger charge is -2.31. The third kappa shape index (κ3) is 5.24. The van der Waals surface area contributed by atoms with E-state index in [1.807, 2.05) is 0 Å². The normalized spacial score (nSPS) is 17.4. The highest BCUT2D eigenvalue weighted by atomic mass is 32.2. The van der Waals surface area contributed by atoms with Crippen molar-refractivity contribution in [3.05, 3.63) is 29.8 Å². The standard InChI is InChI=1S/C15H22N2O6S2/c1-3-23-15(18)12-4-6-14(7-5-12)25(21,22)17-10-8-13(9-11-17)16-24(2,19)20/h4-7,13,16H,3,8-11H2,1-2H3. The Labute approximate surface area is 148 Å². The van der Waals surface area contributed by atoms with E-state index in [2.05, 4.69) is 4.72 Å². The van der Waals surface area contributed by atoms with Gasteiger partial charge < -0.3 is 4.74 Å². The highest BCUT2D eigenvalue weighted by Crippen LogP contribution is 2.21. The lowest BCUT2D eigenvalue weighted by molar-refractivity contribution is 0.0526. The molecule has 0 unspecified atom stereocenters. The summed E-state index contributed by atoms with van der Waals surface area (Å²) in [5, 5.41) is 0. The third-order valence-electron chi connectivity index (χ3n) is 3.84. The van der Waals surface area contributed by atoms with E-state index in [9.17, 15) is 21.6 Å². The molecule has 1 aromatic rings. The van der Waals surface area contributed by atoms with Crippen molar-refractivity contribution in [2.24, 2.45) is 0 Å². The molecule has 1 aromatic carbocycles. The van der Waals surface area contributed by atoms with Crippen molar-refractivity contribution in [3.8, 4) is 0 Å². The number of nitrogens with zero attached hydrogens (tertiary/aromatic N) is 1. The second kappa shape index (κ2) is 7.81. The van der Waals surface area contributed by atoms with Gasteiger partial charge in [0.2, 0.25) is 20.0 Å². The molecule has 0 bridgehead atoms. The summed E-state index contributed by atoms with van der Waals surface area (Å²) in [5.74, 6) is -0.501. The molecule has 0 aromatic heterocycles. The Balaban J connectivity index is 2.06. The molecule has 25 heavy (non-hydrogen) atoms. The molecule has 0 saturated carbocycles. The summed E-state index contributed by atoms with van der Waals surface area (Å²) in [6.07, 6.45) is 1.90. The van der Waals surface area contributed by atoms with Gasteiger partial charge in [-0.15, -0.1) is 0 Å². The Morgan fingerprint density at radius 2 is 1.72 bits per heavy atom. The Morgan fingerprint density at radius 1 is 1.16 bits per heavy atom. The van der Waals surface area contributed by atoms with Crippen LogP contribution in [0.15, 0.2) is 29.2 Å². The van der Waals surface area contributed by atoms with Crippen LogP contribution in [0.4, 0.5) is 0 Å². The molecule has 1 N–H and O–H groups in total. The maximum atomic E-state index is 12.7. The zero-order chi connectivity index (χ0) is 18.7. The van der Waals surface area contributed by atoms with Crippen LogP contribution in [0.1, 0.15) is 30.1 Å². The number of carbonyl (C=O) groups is 1. The number of ether oxygens (including phenoxy) is 1. The quantitative estimate of drug-likeness (QED) is 0.711. The number of rotatable bonds is 6. The Morgan fingerprint density at radius 3 is 2.20 bits per heavy atom. The van der Waals surface area contributed by atoms with Crippen molar-refractivity contribution in [2.45, 2.75) is 30.7 Å². The van der Waals surface area contributed by atoms with Crippen molar-refractivity contribution >= 4 is 26.0 Å². The number of hydrogen-bond acceptors (Lipinski definition) is 6. The molecule has 1 aliphatic rings. The topological polar surface area (TPSA) is 110 Å². The molecule has 2 rings (SSSR count). The van der Waals surface area contributed by atoms with Gasteiger partial charge in [0.05, 0.1) is 23.3 Å². The molecule has 8 nitrogen and oxygen atoms in total. The fourth-order valence-corrected chi connectivity index (χ4v) is 4.95. The van der Waals surface area contributed by atoms with Crippen molar-refractivity contribution < 1.29 is 26.4 Å². The average Bonchev–Trinajstić information content (AvgIpc) is 2.54. The minimum Gasteiger partial charge on any atom is -0.462 e. The van der Waals surface area contributed by atoms with Gasteiger partial charge in [-0.3, -0.25) is 0 Å². The summed E-state index contributed by atoms with van der Waals surface area (Å²) in [7, 11) is -6.99. The summed E-state index contributed by atoms with van der Waals surface area (Å²) in [5.41, 5.74) is 0.289. The zero-order valence-electron chi connectivity index (χ0n) is 14.1. The largest absolute Gasteiger partial charge is 0.462 e. The van der Waals surface area contributed by atoms with Gasteiger partial charge in [-0.1, -0.05) is 0 Å². The van der Waals surface area contributed by atoms with E-state index in [1.54, 1.807) is 6.92 Å². The third-order valence-corrected chi connectivity index (χ3v) is 6.51. The van der Waals surface area contributed by atoms with Crippen molar-refractivity contribution in [1.82, 2.24) is 9.03 Å². The Hall–Kier alpha value is -1.49. The lowest BCUT2D eigenvalue weighted by Crippen LogP contribution is -2.46. The van der Waals surface area contributed by atoms with E-state index in [-0.39, 0.29) is 36.2 Å². The SMILES string of the molecule is CCOC(=O)c1ccc(S(=O)(=O)N2CCC(NS(C)(=O)=O)CC2)cc1. The molecular weight excluding hydrogens is 368 g/mol. The maximum absolute atomic E-state index is 12.7. The van der Waals surface area contributed by atoms with E-state index < -0.39 is 26.0 Å². The predicted octanol–water partition coefficient (Wildman–Crippen LogP) is 0.566. The molecule has 0 radical (unpaired) electrons. The van der Waals surface area contributed by atoms with E-state index >= 15 is 0 Å². The first kappa shape index (κ1) is 19.8. The van der Waals surface area contributed by atoms with Crippen LogP contribution in [0.2, 0.25) is 0 Å². The first-order valence-electron chi connectivity index (χ1n) is 7.88. The van der Waals surface area contributed by atoms with Crippen molar-refractivity contribution in [1.29, 1.82) is 0 Å². The van der Waals surface area contributed by atoms with Crippen LogP contribution in [0.5, 0.6) is 0 Å². The Bertz CT molecular complexity index is 810. The maximum Gasteiger partial charge on any atom is 0.338 e. The van der Waals surface area contributed by atoms with Crippen molar-refractivity contribution in [2.75, 3.05) is 26.0 Å². The fraction of sp³-hybridized carbons (Fsp3) is 0.533. The van der Waals surface area contributed by atoms with E-state index in [0.29, 0.717) is 12.8 Å². The number of carbonyl (C=O) groups excluding carboxylic acids is 1. The first-order valence-corrected chi connectivity index (χ1v) is 11.2. The molecule has 0 amide bonds. The van der Waals surface area contributed by atoms with Crippen LogP contribution in [0.3, 0.4) is 0 Å². The number of benzene rings is 1. The van der Waals surface area contributed by atoms with Crippen LogP contribution in [-0.2, 0) is 24.8 Å². The number of esters is 1. The Kier molecular flexibility index (Phi) is 6.20. The average molecular weight is 390 g/mol. The summed E-state index contributed by atoms with van der Waals surface area (Å²) in [6, 6.07) is 5.34. The van der Waals surface area contributed by atoms with Gasteiger partial charge in [0.25, 0.3) is 0 Å². The number of hydrogen-bond donors (Lipinski definition) is 1. The minimum absolute atomic E-state index is 0.0927. The van der Waals surface area contributed by atoms with Gasteiger partial charge in [-0.2, -0.15) is 4.31 Å². The van der Waals surface area contributed by atoms with Crippen LogP contribution >= 0.6 is 0 Å². The molecule has 10 heteroatoms. The van der Waals surface area contributed by atoms with Gasteiger partial charge in [-0.05, 0) is 44.0 Å². The molecule has 140 valence electrons. The fourth-order valence-electron chi connectivity index (χ4n) is 2.64. The smallest absolute Gasteiger partial charge is 0.338 e. The molecule has 1 heterocycles. The number of sulfonamides is 2. The van der Waals surface area contributed by atoms with E-state index in [0.717, 1.165) is 6.26 Å².